The molecule has 0 amide bonds. The van der Waals surface area contributed by atoms with Gasteiger partial charge in [0, 0.05) is 6.07 Å². The number of fused-ring (bicyclic) bond motifs is 1. The van der Waals surface area contributed by atoms with Crippen molar-refractivity contribution < 1.29 is 14.0 Å². The van der Waals surface area contributed by atoms with Crippen molar-refractivity contribution in [3.63, 3.8) is 0 Å². The minimum atomic E-state index is -0.00155. The molecule has 0 spiro atoms. The number of hydrogen-bond acceptors (Lipinski definition) is 5. The van der Waals surface area contributed by atoms with E-state index in [9.17, 15) is 4.79 Å². The van der Waals surface area contributed by atoms with Crippen molar-refractivity contribution in [1.29, 1.82) is 0 Å². The highest BCUT2D eigenvalue weighted by Crippen LogP contribution is 2.24. The van der Waals surface area contributed by atoms with Gasteiger partial charge in [0.2, 0.25) is 0 Å². The zero-order chi connectivity index (χ0) is 13.7. The highest BCUT2D eigenvalue weighted by Gasteiger charge is 2.03. The number of carbonyl (C=O) groups excluding carboxylic acids is 2. The first kappa shape index (κ1) is 13.0. The lowest BCUT2D eigenvalue weighted by Crippen LogP contribution is -1.97. The van der Waals surface area contributed by atoms with Crippen molar-refractivity contribution in [2.45, 2.75) is 0 Å². The van der Waals surface area contributed by atoms with Gasteiger partial charge >= 0.3 is 6.15 Å². The summed E-state index contributed by atoms with van der Waals surface area (Å²) in [7, 11) is 0. The van der Waals surface area contributed by atoms with E-state index in [-0.39, 0.29) is 11.6 Å². The van der Waals surface area contributed by atoms with Gasteiger partial charge in [-0.2, -0.15) is 20.9 Å². The molecule has 0 aliphatic rings. The van der Waals surface area contributed by atoms with E-state index in [0.29, 0.717) is 11.0 Å². The summed E-state index contributed by atoms with van der Waals surface area (Å²) in [5.74, 6) is 0. The summed E-state index contributed by atoms with van der Waals surface area (Å²) in [6.07, 6.45) is 1.68. The lowest BCUT2D eigenvalue weighted by atomic mass is 10.1. The standard InChI is InChI=1S/C13H8O2S.CO2/c14-12-3-5-15-13-2-1-9(7-11(12)13)10-4-6-16-8-10;2-1-3/h1-8H;. The predicted octanol–water partition coefficient (Wildman–Crippen LogP) is 2.94. The maximum atomic E-state index is 11.6. The summed E-state index contributed by atoms with van der Waals surface area (Å²) < 4.78 is 5.27. The Balaban J connectivity index is 0.000000408. The normalized spacial score (nSPS) is 9.47. The number of benzene rings is 1. The molecule has 94 valence electrons. The molecular weight excluding hydrogens is 264 g/mol. The van der Waals surface area contributed by atoms with Crippen molar-refractivity contribution in [3.05, 3.63) is 57.6 Å². The Hall–Kier alpha value is -2.49. The van der Waals surface area contributed by atoms with Crippen LogP contribution in [-0.4, -0.2) is 6.15 Å². The Kier molecular flexibility index (Phi) is 4.03. The van der Waals surface area contributed by atoms with E-state index >= 15 is 0 Å². The van der Waals surface area contributed by atoms with Gasteiger partial charge in [0.1, 0.15) is 5.58 Å². The average Bonchev–Trinajstić information content (AvgIpc) is 2.94. The molecule has 0 atom stereocenters. The van der Waals surface area contributed by atoms with E-state index in [1.54, 1.807) is 11.3 Å². The molecule has 4 nitrogen and oxygen atoms in total. The van der Waals surface area contributed by atoms with Gasteiger partial charge in [0.05, 0.1) is 11.6 Å². The van der Waals surface area contributed by atoms with Crippen LogP contribution in [0.15, 0.2) is 56.6 Å². The first-order valence-electron chi connectivity index (χ1n) is 5.29. The number of hydrogen-bond donors (Lipinski definition) is 0. The molecule has 1 aromatic carbocycles. The summed E-state index contributed by atoms with van der Waals surface area (Å²) in [5, 5.41) is 4.71. The first-order chi connectivity index (χ1) is 9.26. The van der Waals surface area contributed by atoms with Crippen molar-refractivity contribution in [3.8, 4) is 11.1 Å². The molecule has 0 N–H and O–H groups in total. The second-order valence-electron chi connectivity index (χ2n) is 3.59. The summed E-state index contributed by atoms with van der Waals surface area (Å²) in [4.78, 5) is 27.9. The van der Waals surface area contributed by atoms with Gasteiger partial charge in [-0.1, -0.05) is 6.07 Å². The minimum absolute atomic E-state index is 0.00155. The Morgan fingerprint density at radius 1 is 1.05 bits per heavy atom. The molecule has 3 rings (SSSR count). The van der Waals surface area contributed by atoms with E-state index < -0.39 is 0 Å². The summed E-state index contributed by atoms with van der Waals surface area (Å²) in [5.41, 5.74) is 2.81. The molecule has 2 heterocycles. The van der Waals surface area contributed by atoms with Gasteiger partial charge in [-0.15, -0.1) is 0 Å². The maximum absolute atomic E-state index is 11.6. The van der Waals surface area contributed by atoms with Crippen LogP contribution in [0.1, 0.15) is 0 Å². The van der Waals surface area contributed by atoms with Crippen molar-refractivity contribution in [1.82, 2.24) is 0 Å². The predicted molar refractivity (Wildman–Crippen MR) is 70.8 cm³/mol. The van der Waals surface area contributed by atoms with Gasteiger partial charge in [0.25, 0.3) is 0 Å². The van der Waals surface area contributed by atoms with Crippen LogP contribution in [0.2, 0.25) is 0 Å². The van der Waals surface area contributed by atoms with Crippen LogP contribution in [0.5, 0.6) is 0 Å². The van der Waals surface area contributed by atoms with Crippen LogP contribution in [-0.2, 0) is 9.59 Å². The molecule has 0 saturated carbocycles. The third kappa shape index (κ3) is 2.85. The van der Waals surface area contributed by atoms with Gasteiger partial charge in [-0.05, 0) is 40.1 Å². The van der Waals surface area contributed by atoms with Crippen LogP contribution in [0.25, 0.3) is 22.1 Å². The highest BCUT2D eigenvalue weighted by atomic mass is 32.1. The van der Waals surface area contributed by atoms with E-state index in [4.69, 9.17) is 14.0 Å². The summed E-state index contributed by atoms with van der Waals surface area (Å²) in [6.45, 7) is 0. The molecule has 0 fully saturated rings. The molecule has 5 heteroatoms. The summed E-state index contributed by atoms with van der Waals surface area (Å²) >= 11 is 1.64. The molecule has 0 aliphatic heterocycles. The molecule has 0 aliphatic carbocycles. The SMILES string of the molecule is O=C=O.O=c1ccoc2ccc(-c3ccsc3)cc12. The third-order valence-electron chi connectivity index (χ3n) is 2.51. The van der Waals surface area contributed by atoms with Crippen LogP contribution < -0.4 is 5.43 Å². The van der Waals surface area contributed by atoms with Crippen molar-refractivity contribution >= 4 is 28.5 Å². The van der Waals surface area contributed by atoms with Crippen LogP contribution in [0.3, 0.4) is 0 Å². The largest absolute Gasteiger partial charge is 0.464 e. The molecule has 19 heavy (non-hydrogen) atoms. The average molecular weight is 272 g/mol. The van der Waals surface area contributed by atoms with Gasteiger partial charge in [-0.25, -0.2) is 0 Å². The van der Waals surface area contributed by atoms with Crippen molar-refractivity contribution in [2.75, 3.05) is 0 Å². The molecule has 0 bridgehead atoms. The monoisotopic (exact) mass is 272 g/mol. The fourth-order valence-electron chi connectivity index (χ4n) is 1.69. The van der Waals surface area contributed by atoms with E-state index in [1.807, 2.05) is 29.6 Å². The lowest BCUT2D eigenvalue weighted by Gasteiger charge is -1.99. The highest BCUT2D eigenvalue weighted by molar-refractivity contribution is 7.08. The topological polar surface area (TPSA) is 64.3 Å². The fourth-order valence-corrected chi connectivity index (χ4v) is 2.36. The molecule has 0 unspecified atom stereocenters. The zero-order valence-electron chi connectivity index (χ0n) is 9.66. The minimum Gasteiger partial charge on any atom is -0.464 e. The maximum Gasteiger partial charge on any atom is 0.373 e. The van der Waals surface area contributed by atoms with E-state index in [0.717, 1.165) is 11.1 Å². The third-order valence-corrected chi connectivity index (χ3v) is 3.20. The van der Waals surface area contributed by atoms with Crippen LogP contribution in [0.4, 0.5) is 0 Å². The van der Waals surface area contributed by atoms with E-state index in [1.165, 1.54) is 12.3 Å². The van der Waals surface area contributed by atoms with Gasteiger partial charge < -0.3 is 4.42 Å². The molecule has 0 saturated heterocycles. The Morgan fingerprint density at radius 3 is 2.53 bits per heavy atom. The lowest BCUT2D eigenvalue weighted by molar-refractivity contribution is -0.191. The smallest absolute Gasteiger partial charge is 0.373 e. The Bertz CT molecular complexity index is 765. The van der Waals surface area contributed by atoms with Crippen LogP contribution in [0, 0.1) is 0 Å². The number of rotatable bonds is 1. The van der Waals surface area contributed by atoms with Crippen LogP contribution >= 0.6 is 11.3 Å². The zero-order valence-corrected chi connectivity index (χ0v) is 10.5. The second-order valence-corrected chi connectivity index (χ2v) is 4.37. The second kappa shape index (κ2) is 5.91. The Labute approximate surface area is 111 Å². The molecule has 0 radical (unpaired) electrons. The Morgan fingerprint density at radius 2 is 1.84 bits per heavy atom. The van der Waals surface area contributed by atoms with Gasteiger partial charge in [0.15, 0.2) is 5.43 Å². The number of thiophene rings is 1. The fraction of sp³-hybridized carbons (Fsp3) is 0. The molecule has 2 aromatic heterocycles. The van der Waals surface area contributed by atoms with E-state index in [2.05, 4.69) is 5.38 Å². The quantitative estimate of drug-likeness (QED) is 0.683. The van der Waals surface area contributed by atoms with Crippen molar-refractivity contribution in [2.24, 2.45) is 0 Å². The summed E-state index contributed by atoms with van der Waals surface area (Å²) in [6, 6.07) is 9.16. The molecule has 3 aromatic rings. The van der Waals surface area contributed by atoms with Gasteiger partial charge in [-0.3, -0.25) is 4.79 Å². The molecular formula is C14H8O4S. The first-order valence-corrected chi connectivity index (χ1v) is 6.24.